The molecule has 0 spiro atoms. The number of hydrogen-bond donors (Lipinski definition) is 0. The highest BCUT2D eigenvalue weighted by Crippen LogP contribution is 2.35. The van der Waals surface area contributed by atoms with E-state index in [1.54, 1.807) is 14.2 Å². The lowest BCUT2D eigenvalue weighted by Gasteiger charge is -2.23. The summed E-state index contributed by atoms with van der Waals surface area (Å²) < 4.78 is 16.3. The van der Waals surface area contributed by atoms with Gasteiger partial charge in [-0.15, -0.1) is 0 Å². The summed E-state index contributed by atoms with van der Waals surface area (Å²) in [6, 6.07) is 8.42. The maximum Gasteiger partial charge on any atom is 0.139 e. The Labute approximate surface area is 143 Å². The largest absolute Gasteiger partial charge is 0.497 e. The van der Waals surface area contributed by atoms with E-state index in [4.69, 9.17) is 14.0 Å². The zero-order chi connectivity index (χ0) is 17.1. The summed E-state index contributed by atoms with van der Waals surface area (Å²) in [6.07, 6.45) is 2.29. The highest BCUT2D eigenvalue weighted by Gasteiger charge is 2.29. The first-order valence-electron chi connectivity index (χ1n) is 8.53. The number of nitrogens with zero attached hydrogens (tertiary/aromatic N) is 2. The monoisotopic (exact) mass is 330 g/mol. The minimum absolute atomic E-state index is 0.313. The summed E-state index contributed by atoms with van der Waals surface area (Å²) in [7, 11) is 3.37. The Morgan fingerprint density at radius 2 is 2.08 bits per heavy atom. The van der Waals surface area contributed by atoms with Crippen LogP contribution in [-0.2, 0) is 6.54 Å². The molecule has 1 aliphatic rings. The fourth-order valence-corrected chi connectivity index (χ4v) is 3.28. The lowest BCUT2D eigenvalue weighted by Crippen LogP contribution is -2.23. The molecule has 1 atom stereocenters. The van der Waals surface area contributed by atoms with Crippen molar-refractivity contribution in [3.05, 3.63) is 41.3 Å². The molecule has 0 radical (unpaired) electrons. The van der Waals surface area contributed by atoms with Crippen molar-refractivity contribution in [2.75, 3.05) is 20.8 Å². The predicted molar refractivity (Wildman–Crippen MR) is 92.5 cm³/mol. The van der Waals surface area contributed by atoms with Crippen LogP contribution in [0.15, 0.2) is 28.8 Å². The third-order valence-electron chi connectivity index (χ3n) is 4.69. The highest BCUT2D eigenvalue weighted by atomic mass is 16.5. The maximum absolute atomic E-state index is 5.53. The van der Waals surface area contributed by atoms with Gasteiger partial charge in [0.2, 0.25) is 0 Å². The Kier molecular flexibility index (Phi) is 5.09. The van der Waals surface area contributed by atoms with Crippen molar-refractivity contribution in [1.29, 1.82) is 0 Å². The fraction of sp³-hybridized carbons (Fsp3) is 0.526. The number of hydrogen-bond acceptors (Lipinski definition) is 5. The Hall–Kier alpha value is -2.01. The maximum atomic E-state index is 5.53. The second kappa shape index (κ2) is 7.26. The van der Waals surface area contributed by atoms with Crippen molar-refractivity contribution < 1.29 is 14.0 Å². The second-order valence-electron chi connectivity index (χ2n) is 6.62. The van der Waals surface area contributed by atoms with E-state index < -0.39 is 0 Å². The number of methoxy groups -OCH3 is 2. The number of rotatable bonds is 6. The molecule has 5 nitrogen and oxygen atoms in total. The van der Waals surface area contributed by atoms with Crippen LogP contribution in [0.1, 0.15) is 55.7 Å². The van der Waals surface area contributed by atoms with Crippen LogP contribution >= 0.6 is 0 Å². The van der Waals surface area contributed by atoms with Gasteiger partial charge in [-0.3, -0.25) is 4.90 Å². The zero-order valence-corrected chi connectivity index (χ0v) is 14.9. The van der Waals surface area contributed by atoms with Crippen molar-refractivity contribution in [2.45, 2.75) is 45.2 Å². The van der Waals surface area contributed by atoms with Crippen molar-refractivity contribution in [2.24, 2.45) is 0 Å². The molecule has 1 saturated heterocycles. The van der Waals surface area contributed by atoms with E-state index in [0.717, 1.165) is 48.0 Å². The normalized spacial score (nSPS) is 18.3. The molecule has 1 aromatic carbocycles. The molecule has 2 heterocycles. The van der Waals surface area contributed by atoms with Crippen molar-refractivity contribution >= 4 is 0 Å². The third kappa shape index (κ3) is 3.41. The van der Waals surface area contributed by atoms with E-state index in [0.29, 0.717) is 12.0 Å². The summed E-state index contributed by atoms with van der Waals surface area (Å²) >= 11 is 0. The molecular weight excluding hydrogens is 304 g/mol. The standard InChI is InChI=1S/C19H26N2O3/c1-13(2)18-11-16(20-24-18)17-6-5-9-21(17)12-14-7-8-15(22-3)10-19(14)23-4/h7-8,10-11,13,17H,5-6,9,12H2,1-4H3/t17-/m0/s1. The molecule has 1 aliphatic heterocycles. The van der Waals surface area contributed by atoms with Gasteiger partial charge in [0.05, 0.1) is 20.3 Å². The minimum Gasteiger partial charge on any atom is -0.497 e. The third-order valence-corrected chi connectivity index (χ3v) is 4.69. The molecule has 0 N–H and O–H groups in total. The molecule has 0 saturated carbocycles. The molecule has 0 unspecified atom stereocenters. The average Bonchev–Trinajstić information content (AvgIpc) is 3.24. The molecule has 3 rings (SSSR count). The first kappa shape index (κ1) is 16.8. The summed E-state index contributed by atoms with van der Waals surface area (Å²) in [5.74, 6) is 3.00. The minimum atomic E-state index is 0.313. The summed E-state index contributed by atoms with van der Waals surface area (Å²) in [5, 5.41) is 4.31. The number of aromatic nitrogens is 1. The smallest absolute Gasteiger partial charge is 0.139 e. The number of likely N-dealkylation sites (tertiary alicyclic amines) is 1. The molecule has 0 aliphatic carbocycles. The zero-order valence-electron chi connectivity index (χ0n) is 14.9. The van der Waals surface area contributed by atoms with E-state index in [2.05, 4.69) is 36.0 Å². The van der Waals surface area contributed by atoms with E-state index >= 15 is 0 Å². The van der Waals surface area contributed by atoms with E-state index in [9.17, 15) is 0 Å². The second-order valence-corrected chi connectivity index (χ2v) is 6.62. The van der Waals surface area contributed by atoms with Crippen LogP contribution in [0.3, 0.4) is 0 Å². The lowest BCUT2D eigenvalue weighted by molar-refractivity contribution is 0.232. The van der Waals surface area contributed by atoms with Gasteiger partial charge >= 0.3 is 0 Å². The predicted octanol–water partition coefficient (Wildman–Crippen LogP) is 4.15. The van der Waals surface area contributed by atoms with Gasteiger partial charge in [-0.25, -0.2) is 0 Å². The molecule has 0 amide bonds. The lowest BCUT2D eigenvalue weighted by atomic mass is 10.1. The van der Waals surface area contributed by atoms with Crippen LogP contribution in [0.5, 0.6) is 11.5 Å². The highest BCUT2D eigenvalue weighted by molar-refractivity contribution is 5.40. The van der Waals surface area contributed by atoms with Crippen LogP contribution in [0.4, 0.5) is 0 Å². The SMILES string of the molecule is COc1ccc(CN2CCC[C@H]2c2cc(C(C)C)on2)c(OC)c1. The van der Waals surface area contributed by atoms with Crippen molar-refractivity contribution in [1.82, 2.24) is 10.1 Å². The van der Waals surface area contributed by atoms with Crippen molar-refractivity contribution in [3.8, 4) is 11.5 Å². The van der Waals surface area contributed by atoms with Gasteiger partial charge in [-0.05, 0) is 25.5 Å². The van der Waals surface area contributed by atoms with Gasteiger partial charge in [0.25, 0.3) is 0 Å². The molecule has 1 aromatic heterocycles. The van der Waals surface area contributed by atoms with Crippen LogP contribution in [-0.4, -0.2) is 30.8 Å². The molecular formula is C19H26N2O3. The number of benzene rings is 1. The topological polar surface area (TPSA) is 47.7 Å². The first-order valence-corrected chi connectivity index (χ1v) is 8.53. The summed E-state index contributed by atoms with van der Waals surface area (Å²) in [5.41, 5.74) is 2.21. The van der Waals surface area contributed by atoms with Gasteiger partial charge < -0.3 is 14.0 Å². The van der Waals surface area contributed by atoms with Gasteiger partial charge in [0.1, 0.15) is 23.0 Å². The molecule has 0 bridgehead atoms. The molecule has 24 heavy (non-hydrogen) atoms. The molecule has 2 aromatic rings. The van der Waals surface area contributed by atoms with Crippen LogP contribution < -0.4 is 9.47 Å². The Bertz CT molecular complexity index is 681. The van der Waals surface area contributed by atoms with Crippen molar-refractivity contribution in [3.63, 3.8) is 0 Å². The molecule has 1 fully saturated rings. The van der Waals surface area contributed by atoms with Crippen LogP contribution in [0.25, 0.3) is 0 Å². The van der Waals surface area contributed by atoms with E-state index in [1.165, 1.54) is 6.42 Å². The van der Waals surface area contributed by atoms with Gasteiger partial charge in [-0.1, -0.05) is 25.1 Å². The summed E-state index contributed by atoms with van der Waals surface area (Å²) in [6.45, 7) is 6.14. The number of ether oxygens (including phenoxy) is 2. The Balaban J connectivity index is 1.78. The molecule has 130 valence electrons. The first-order chi connectivity index (χ1) is 11.6. The summed E-state index contributed by atoms with van der Waals surface area (Å²) in [4.78, 5) is 2.45. The fourth-order valence-electron chi connectivity index (χ4n) is 3.28. The quantitative estimate of drug-likeness (QED) is 0.796. The van der Waals surface area contributed by atoms with E-state index in [-0.39, 0.29) is 0 Å². The molecule has 5 heteroatoms. The van der Waals surface area contributed by atoms with Gasteiger partial charge in [0.15, 0.2) is 0 Å². The Morgan fingerprint density at radius 3 is 2.75 bits per heavy atom. The average molecular weight is 330 g/mol. The van der Waals surface area contributed by atoms with Crippen LogP contribution in [0.2, 0.25) is 0 Å². The van der Waals surface area contributed by atoms with Crippen LogP contribution in [0, 0.1) is 0 Å². The van der Waals surface area contributed by atoms with Gasteiger partial charge in [0, 0.05) is 30.2 Å². The van der Waals surface area contributed by atoms with E-state index in [1.807, 2.05) is 12.1 Å². The van der Waals surface area contributed by atoms with Gasteiger partial charge in [-0.2, -0.15) is 0 Å². The Morgan fingerprint density at radius 1 is 1.25 bits per heavy atom.